The summed E-state index contributed by atoms with van der Waals surface area (Å²) in [6, 6.07) is 3.21. The summed E-state index contributed by atoms with van der Waals surface area (Å²) in [4.78, 5) is 3.93. The molecule has 0 aliphatic rings. The van der Waals surface area contributed by atoms with Gasteiger partial charge in [0.2, 0.25) is 0 Å². The van der Waals surface area contributed by atoms with Crippen LogP contribution in [0.5, 0.6) is 0 Å². The summed E-state index contributed by atoms with van der Waals surface area (Å²) in [6.07, 6.45) is 2.18. The Bertz CT molecular complexity index is 284. The molecule has 1 aromatic rings. The molecule has 0 aromatic carbocycles. The number of rotatable bonds is 5. The van der Waals surface area contributed by atoms with Crippen molar-refractivity contribution in [3.63, 3.8) is 0 Å². The number of hydrogen-bond donors (Lipinski definition) is 2. The third kappa shape index (κ3) is 4.25. The van der Waals surface area contributed by atoms with E-state index in [2.05, 4.69) is 24.1 Å². The zero-order valence-electron chi connectivity index (χ0n) is 9.20. The zero-order chi connectivity index (χ0) is 11.3. The second kappa shape index (κ2) is 5.66. The lowest BCUT2D eigenvalue weighted by Crippen LogP contribution is -2.30. The molecule has 1 atom stereocenters. The molecule has 84 valence electrons. The minimum atomic E-state index is -0.325. The molecule has 1 heterocycles. The van der Waals surface area contributed by atoms with E-state index in [1.165, 1.54) is 12.3 Å². The van der Waals surface area contributed by atoms with Crippen LogP contribution < -0.4 is 11.1 Å². The molecule has 3 nitrogen and oxygen atoms in total. The van der Waals surface area contributed by atoms with E-state index in [-0.39, 0.29) is 11.9 Å². The van der Waals surface area contributed by atoms with Gasteiger partial charge in [-0.25, -0.2) is 9.37 Å². The van der Waals surface area contributed by atoms with Gasteiger partial charge in [0, 0.05) is 12.6 Å². The maximum absolute atomic E-state index is 12.6. The highest BCUT2D eigenvalue weighted by molar-refractivity contribution is 5.34. The minimum absolute atomic E-state index is 0.197. The van der Waals surface area contributed by atoms with Crippen LogP contribution >= 0.6 is 0 Å². The first-order valence-corrected chi connectivity index (χ1v) is 5.20. The van der Waals surface area contributed by atoms with Crippen LogP contribution in [0.25, 0.3) is 0 Å². The second-order valence-electron chi connectivity index (χ2n) is 4.07. The standard InChI is InChI=1S/C11H18FN3/c1-8(2)5-10(6-13)15-11-4-3-9(12)7-14-11/h3-4,7-8,10H,5-6,13H2,1-2H3,(H,14,15). The number of nitrogens with zero attached hydrogens (tertiary/aromatic N) is 1. The number of hydrogen-bond acceptors (Lipinski definition) is 3. The summed E-state index contributed by atoms with van der Waals surface area (Å²) in [7, 11) is 0. The molecule has 0 radical (unpaired) electrons. The van der Waals surface area contributed by atoms with E-state index in [0.29, 0.717) is 18.3 Å². The number of pyridine rings is 1. The number of nitrogens with two attached hydrogens (primary N) is 1. The van der Waals surface area contributed by atoms with Crippen molar-refractivity contribution in [3.05, 3.63) is 24.1 Å². The zero-order valence-corrected chi connectivity index (χ0v) is 9.20. The van der Waals surface area contributed by atoms with Crippen molar-refractivity contribution in [2.24, 2.45) is 11.7 Å². The molecule has 0 saturated heterocycles. The van der Waals surface area contributed by atoms with Gasteiger partial charge < -0.3 is 11.1 Å². The van der Waals surface area contributed by atoms with E-state index in [1.54, 1.807) is 6.07 Å². The average molecular weight is 211 g/mol. The van der Waals surface area contributed by atoms with Crippen LogP contribution in [0.2, 0.25) is 0 Å². The summed E-state index contributed by atoms with van der Waals surface area (Å²) in [6.45, 7) is 4.84. The van der Waals surface area contributed by atoms with Crippen LogP contribution in [-0.2, 0) is 0 Å². The lowest BCUT2D eigenvalue weighted by molar-refractivity contribution is 0.520. The smallest absolute Gasteiger partial charge is 0.141 e. The van der Waals surface area contributed by atoms with E-state index in [1.807, 2.05) is 0 Å². The molecule has 1 rings (SSSR count). The molecular weight excluding hydrogens is 193 g/mol. The highest BCUT2D eigenvalue weighted by Crippen LogP contribution is 2.10. The molecule has 4 heteroatoms. The molecule has 0 fully saturated rings. The fourth-order valence-corrected chi connectivity index (χ4v) is 1.45. The average Bonchev–Trinajstić information content (AvgIpc) is 2.19. The van der Waals surface area contributed by atoms with Gasteiger partial charge in [-0.05, 0) is 24.5 Å². The molecule has 0 aliphatic heterocycles. The van der Waals surface area contributed by atoms with Crippen LogP contribution in [0.3, 0.4) is 0 Å². The van der Waals surface area contributed by atoms with Crippen LogP contribution in [0.15, 0.2) is 18.3 Å². The molecule has 0 spiro atoms. The van der Waals surface area contributed by atoms with E-state index in [9.17, 15) is 4.39 Å². The van der Waals surface area contributed by atoms with E-state index in [0.717, 1.165) is 6.42 Å². The molecule has 15 heavy (non-hydrogen) atoms. The maximum Gasteiger partial charge on any atom is 0.141 e. The third-order valence-electron chi connectivity index (χ3n) is 2.12. The molecule has 0 amide bonds. The van der Waals surface area contributed by atoms with E-state index < -0.39 is 0 Å². The van der Waals surface area contributed by atoms with Gasteiger partial charge in [0.1, 0.15) is 11.6 Å². The summed E-state index contributed by atoms with van der Waals surface area (Å²) in [5.74, 6) is 0.924. The van der Waals surface area contributed by atoms with Crippen LogP contribution in [0.4, 0.5) is 10.2 Å². The van der Waals surface area contributed by atoms with Crippen molar-refractivity contribution in [2.75, 3.05) is 11.9 Å². The summed E-state index contributed by atoms with van der Waals surface area (Å²) in [5.41, 5.74) is 5.63. The number of nitrogens with one attached hydrogen (secondary N) is 1. The molecule has 1 aromatic heterocycles. The Morgan fingerprint density at radius 3 is 2.67 bits per heavy atom. The first-order valence-electron chi connectivity index (χ1n) is 5.20. The monoisotopic (exact) mass is 211 g/mol. The van der Waals surface area contributed by atoms with Crippen LogP contribution in [0, 0.1) is 11.7 Å². The quantitative estimate of drug-likeness (QED) is 0.783. The van der Waals surface area contributed by atoms with Gasteiger partial charge >= 0.3 is 0 Å². The Balaban J connectivity index is 2.54. The predicted molar refractivity (Wildman–Crippen MR) is 60.1 cm³/mol. The molecule has 0 aliphatic carbocycles. The fraction of sp³-hybridized carbons (Fsp3) is 0.545. The van der Waals surface area contributed by atoms with Crippen molar-refractivity contribution < 1.29 is 4.39 Å². The first kappa shape index (κ1) is 11.9. The van der Waals surface area contributed by atoms with E-state index >= 15 is 0 Å². The topological polar surface area (TPSA) is 50.9 Å². The van der Waals surface area contributed by atoms with Gasteiger partial charge in [0.05, 0.1) is 6.20 Å². The third-order valence-corrected chi connectivity index (χ3v) is 2.12. The minimum Gasteiger partial charge on any atom is -0.366 e. The molecule has 0 bridgehead atoms. The summed E-state index contributed by atoms with van der Waals surface area (Å²) >= 11 is 0. The molecular formula is C11H18FN3. The van der Waals surface area contributed by atoms with Gasteiger partial charge in [-0.2, -0.15) is 0 Å². The van der Waals surface area contributed by atoms with Gasteiger partial charge in [0.15, 0.2) is 0 Å². The Hall–Kier alpha value is -1.16. The van der Waals surface area contributed by atoms with Crippen molar-refractivity contribution in [1.82, 2.24) is 4.98 Å². The van der Waals surface area contributed by atoms with Gasteiger partial charge in [-0.1, -0.05) is 13.8 Å². The van der Waals surface area contributed by atoms with Crippen LogP contribution in [-0.4, -0.2) is 17.6 Å². The number of aromatic nitrogens is 1. The largest absolute Gasteiger partial charge is 0.366 e. The van der Waals surface area contributed by atoms with Gasteiger partial charge in [0.25, 0.3) is 0 Å². The number of halogens is 1. The summed E-state index contributed by atoms with van der Waals surface area (Å²) in [5, 5.41) is 3.18. The second-order valence-corrected chi connectivity index (χ2v) is 4.07. The lowest BCUT2D eigenvalue weighted by Gasteiger charge is -2.19. The first-order chi connectivity index (χ1) is 7.11. The fourth-order valence-electron chi connectivity index (χ4n) is 1.45. The van der Waals surface area contributed by atoms with Crippen molar-refractivity contribution >= 4 is 5.82 Å². The Morgan fingerprint density at radius 1 is 1.47 bits per heavy atom. The Kier molecular flexibility index (Phi) is 4.49. The van der Waals surface area contributed by atoms with Crippen molar-refractivity contribution in [1.29, 1.82) is 0 Å². The Labute approximate surface area is 89.9 Å². The highest BCUT2D eigenvalue weighted by atomic mass is 19.1. The van der Waals surface area contributed by atoms with E-state index in [4.69, 9.17) is 5.73 Å². The SMILES string of the molecule is CC(C)CC(CN)Nc1ccc(F)cn1. The highest BCUT2D eigenvalue weighted by Gasteiger charge is 2.09. The molecule has 1 unspecified atom stereocenters. The Morgan fingerprint density at radius 2 is 2.20 bits per heavy atom. The van der Waals surface area contributed by atoms with Crippen molar-refractivity contribution in [3.8, 4) is 0 Å². The lowest BCUT2D eigenvalue weighted by atomic mass is 10.0. The van der Waals surface area contributed by atoms with Gasteiger partial charge in [-0.3, -0.25) is 0 Å². The maximum atomic E-state index is 12.6. The predicted octanol–water partition coefficient (Wildman–Crippen LogP) is 2.01. The molecule has 3 N–H and O–H groups in total. The van der Waals surface area contributed by atoms with Gasteiger partial charge in [-0.15, -0.1) is 0 Å². The summed E-state index contributed by atoms with van der Waals surface area (Å²) < 4.78 is 12.6. The van der Waals surface area contributed by atoms with Crippen LogP contribution in [0.1, 0.15) is 20.3 Å². The molecule has 0 saturated carbocycles. The van der Waals surface area contributed by atoms with Crippen molar-refractivity contribution in [2.45, 2.75) is 26.3 Å². The number of anilines is 1. The normalized spacial score (nSPS) is 12.9.